The van der Waals surface area contributed by atoms with Crippen LogP contribution < -0.4 is 10.5 Å². The Morgan fingerprint density at radius 3 is 2.14 bits per heavy atom. The van der Waals surface area contributed by atoms with Gasteiger partial charge in [-0.05, 0) is 54.7 Å². The summed E-state index contributed by atoms with van der Waals surface area (Å²) in [4.78, 5) is 0. The minimum Gasteiger partial charge on any atom is -0.456 e. The number of nitrogens with one attached hydrogen (secondary N) is 1. The third-order valence-electron chi connectivity index (χ3n) is 3.44. The van der Waals surface area contributed by atoms with Crippen LogP contribution in [-0.2, 0) is 0 Å². The summed E-state index contributed by atoms with van der Waals surface area (Å²) in [6.45, 7) is 8.31. The van der Waals surface area contributed by atoms with Gasteiger partial charge in [-0.2, -0.15) is 0 Å². The lowest BCUT2D eigenvalue weighted by Gasteiger charge is -2.17. The normalized spacial score (nSPS) is 10.7. The van der Waals surface area contributed by atoms with E-state index in [1.165, 1.54) is 0 Å². The third-order valence-corrected chi connectivity index (χ3v) is 3.44. The lowest BCUT2D eigenvalue weighted by Crippen LogP contribution is -2.12. The summed E-state index contributed by atoms with van der Waals surface area (Å²) in [7, 11) is 0. The summed E-state index contributed by atoms with van der Waals surface area (Å²) in [5.41, 5.74) is 9.64. The Morgan fingerprint density at radius 2 is 1.57 bits per heavy atom. The van der Waals surface area contributed by atoms with E-state index in [-0.39, 0.29) is 5.84 Å². The Kier molecular flexibility index (Phi) is 4.32. The molecular formula is C18H22N2O. The molecule has 0 bridgehead atoms. The van der Waals surface area contributed by atoms with Crippen LogP contribution in [0.5, 0.6) is 11.5 Å². The molecule has 0 aliphatic rings. The minimum atomic E-state index is 0.0174. The zero-order valence-electron chi connectivity index (χ0n) is 13.0. The van der Waals surface area contributed by atoms with E-state index in [2.05, 4.69) is 26.0 Å². The number of nitrogens with two attached hydrogens (primary N) is 1. The first-order valence-electron chi connectivity index (χ1n) is 7.12. The average Bonchev–Trinajstić information content (AvgIpc) is 2.38. The van der Waals surface area contributed by atoms with Gasteiger partial charge in [0.2, 0.25) is 0 Å². The number of hydrogen-bond donors (Lipinski definition) is 2. The van der Waals surface area contributed by atoms with E-state index in [1.54, 1.807) is 0 Å². The second-order valence-corrected chi connectivity index (χ2v) is 5.71. The summed E-state index contributed by atoms with van der Waals surface area (Å²) in [6.07, 6.45) is 0. The fourth-order valence-corrected chi connectivity index (χ4v) is 2.26. The Hall–Kier alpha value is -2.29. The maximum Gasteiger partial charge on any atom is 0.138 e. The topological polar surface area (TPSA) is 59.1 Å². The van der Waals surface area contributed by atoms with Crippen molar-refractivity contribution < 1.29 is 4.74 Å². The molecular weight excluding hydrogens is 260 g/mol. The minimum absolute atomic E-state index is 0.0174. The van der Waals surface area contributed by atoms with Crippen LogP contribution in [0.2, 0.25) is 0 Å². The second kappa shape index (κ2) is 6.00. The van der Waals surface area contributed by atoms with Gasteiger partial charge in [-0.1, -0.05) is 32.0 Å². The number of nitrogen functional groups attached to an aromatic ring is 1. The monoisotopic (exact) mass is 282 g/mol. The van der Waals surface area contributed by atoms with Gasteiger partial charge >= 0.3 is 0 Å². The van der Waals surface area contributed by atoms with Crippen molar-refractivity contribution in [3.8, 4) is 11.5 Å². The zero-order valence-corrected chi connectivity index (χ0v) is 13.0. The third kappa shape index (κ3) is 3.43. The molecule has 0 radical (unpaired) electrons. The van der Waals surface area contributed by atoms with Crippen LogP contribution in [0.1, 0.15) is 42.0 Å². The van der Waals surface area contributed by atoms with Crippen LogP contribution in [0, 0.1) is 19.3 Å². The molecule has 3 heteroatoms. The highest BCUT2D eigenvalue weighted by molar-refractivity contribution is 5.97. The van der Waals surface area contributed by atoms with Gasteiger partial charge in [0, 0.05) is 0 Å². The summed E-state index contributed by atoms with van der Waals surface area (Å²) in [5, 5.41) is 7.69. The molecule has 0 aliphatic carbocycles. The molecule has 0 amide bonds. The van der Waals surface area contributed by atoms with E-state index in [4.69, 9.17) is 15.9 Å². The molecule has 0 aliphatic heterocycles. The lowest BCUT2D eigenvalue weighted by molar-refractivity contribution is 0.471. The van der Waals surface area contributed by atoms with Crippen LogP contribution in [0.15, 0.2) is 36.4 Å². The maximum absolute atomic E-state index is 7.69. The van der Waals surface area contributed by atoms with Gasteiger partial charge in [-0.15, -0.1) is 0 Å². The molecule has 0 saturated carbocycles. The largest absolute Gasteiger partial charge is 0.456 e. The van der Waals surface area contributed by atoms with E-state index in [1.807, 2.05) is 38.1 Å². The number of amidine groups is 1. The van der Waals surface area contributed by atoms with Crippen molar-refractivity contribution >= 4 is 5.84 Å². The zero-order chi connectivity index (χ0) is 15.6. The Bertz CT molecular complexity index is 675. The number of hydrogen-bond acceptors (Lipinski definition) is 2. The Balaban J connectivity index is 2.49. The summed E-state index contributed by atoms with van der Waals surface area (Å²) < 4.78 is 6.10. The van der Waals surface area contributed by atoms with Crippen molar-refractivity contribution in [3.63, 3.8) is 0 Å². The quantitative estimate of drug-likeness (QED) is 0.640. The standard InChI is InChI=1S/C18H22N2O/c1-11(2)14-7-5-12(3)9-16(14)21-17-10-13(4)6-8-15(17)18(19)20/h5-11H,1-4H3,(H3,19,20). The molecule has 21 heavy (non-hydrogen) atoms. The van der Waals surface area contributed by atoms with Gasteiger partial charge in [-0.25, -0.2) is 0 Å². The molecule has 0 saturated heterocycles. The van der Waals surface area contributed by atoms with Crippen LogP contribution in [0.3, 0.4) is 0 Å². The van der Waals surface area contributed by atoms with E-state index >= 15 is 0 Å². The molecule has 2 aromatic rings. The molecule has 2 rings (SSSR count). The number of ether oxygens (including phenoxy) is 1. The predicted octanol–water partition coefficient (Wildman–Crippen LogP) is 4.50. The molecule has 0 heterocycles. The molecule has 3 nitrogen and oxygen atoms in total. The van der Waals surface area contributed by atoms with E-state index in [0.717, 1.165) is 22.4 Å². The fourth-order valence-electron chi connectivity index (χ4n) is 2.26. The predicted molar refractivity (Wildman–Crippen MR) is 87.5 cm³/mol. The van der Waals surface area contributed by atoms with Gasteiger partial charge in [0.25, 0.3) is 0 Å². The molecule has 0 atom stereocenters. The first-order valence-corrected chi connectivity index (χ1v) is 7.12. The number of rotatable bonds is 4. The second-order valence-electron chi connectivity index (χ2n) is 5.71. The van der Waals surface area contributed by atoms with Crippen molar-refractivity contribution in [3.05, 3.63) is 58.7 Å². The summed E-state index contributed by atoms with van der Waals surface area (Å²) >= 11 is 0. The first kappa shape index (κ1) is 15.1. The smallest absolute Gasteiger partial charge is 0.138 e. The van der Waals surface area contributed by atoms with E-state index in [9.17, 15) is 0 Å². The van der Waals surface area contributed by atoms with Crippen LogP contribution >= 0.6 is 0 Å². The lowest BCUT2D eigenvalue weighted by atomic mass is 10.0. The highest BCUT2D eigenvalue weighted by Gasteiger charge is 2.13. The van der Waals surface area contributed by atoms with E-state index < -0.39 is 0 Å². The molecule has 0 fully saturated rings. The summed E-state index contributed by atoms with van der Waals surface area (Å²) in [5.74, 6) is 1.85. The van der Waals surface area contributed by atoms with Crippen LogP contribution in [-0.4, -0.2) is 5.84 Å². The van der Waals surface area contributed by atoms with Crippen molar-refractivity contribution in [1.82, 2.24) is 0 Å². The van der Waals surface area contributed by atoms with Gasteiger partial charge < -0.3 is 10.5 Å². The van der Waals surface area contributed by atoms with Crippen molar-refractivity contribution in [2.75, 3.05) is 0 Å². The average molecular weight is 282 g/mol. The Morgan fingerprint density at radius 1 is 1.00 bits per heavy atom. The van der Waals surface area contributed by atoms with Crippen molar-refractivity contribution in [2.45, 2.75) is 33.6 Å². The van der Waals surface area contributed by atoms with Crippen molar-refractivity contribution in [1.29, 1.82) is 5.41 Å². The fraction of sp³-hybridized carbons (Fsp3) is 0.278. The summed E-state index contributed by atoms with van der Waals surface area (Å²) in [6, 6.07) is 11.9. The molecule has 110 valence electrons. The van der Waals surface area contributed by atoms with Gasteiger partial charge in [0.05, 0.1) is 5.56 Å². The molecule has 3 N–H and O–H groups in total. The highest BCUT2D eigenvalue weighted by atomic mass is 16.5. The van der Waals surface area contributed by atoms with E-state index in [0.29, 0.717) is 17.2 Å². The molecule has 0 aromatic heterocycles. The highest BCUT2D eigenvalue weighted by Crippen LogP contribution is 2.33. The van der Waals surface area contributed by atoms with Crippen LogP contribution in [0.4, 0.5) is 0 Å². The van der Waals surface area contributed by atoms with Crippen molar-refractivity contribution in [2.24, 2.45) is 5.73 Å². The molecule has 0 unspecified atom stereocenters. The van der Waals surface area contributed by atoms with Gasteiger partial charge in [0.15, 0.2) is 0 Å². The SMILES string of the molecule is Cc1ccc(C(=N)N)c(Oc2cc(C)ccc2C(C)C)c1. The van der Waals surface area contributed by atoms with Gasteiger partial charge in [-0.3, -0.25) is 5.41 Å². The molecule has 0 spiro atoms. The van der Waals surface area contributed by atoms with Crippen LogP contribution in [0.25, 0.3) is 0 Å². The first-order chi connectivity index (χ1) is 9.88. The number of benzene rings is 2. The molecule has 2 aromatic carbocycles. The Labute approximate surface area is 126 Å². The maximum atomic E-state index is 7.69. The van der Waals surface area contributed by atoms with Gasteiger partial charge in [0.1, 0.15) is 17.3 Å². The number of aryl methyl sites for hydroxylation is 2.